The Hall–Kier alpha value is -3.54. The first-order valence-corrected chi connectivity index (χ1v) is 10.9. The van der Waals surface area contributed by atoms with Crippen LogP contribution < -0.4 is 16.0 Å². The molecule has 12 heteroatoms. The molecule has 1 aromatic carbocycles. The molecule has 3 heterocycles. The number of hydrogen-bond acceptors (Lipinski definition) is 6. The lowest BCUT2D eigenvalue weighted by atomic mass is 10.0. The van der Waals surface area contributed by atoms with Gasteiger partial charge in [-0.1, -0.05) is 30.3 Å². The van der Waals surface area contributed by atoms with Crippen LogP contribution in [-0.2, 0) is 14.4 Å². The summed E-state index contributed by atoms with van der Waals surface area (Å²) >= 11 is 1.36. The maximum absolute atomic E-state index is 13.1. The predicted octanol–water partition coefficient (Wildman–Crippen LogP) is 0.221. The summed E-state index contributed by atoms with van der Waals surface area (Å²) in [6, 6.07) is 5.08. The van der Waals surface area contributed by atoms with E-state index in [1.54, 1.807) is 37.3 Å². The summed E-state index contributed by atoms with van der Waals surface area (Å²) in [6.07, 6.45) is 0. The molecule has 0 unspecified atom stereocenters. The van der Waals surface area contributed by atoms with Gasteiger partial charge >= 0.3 is 18.0 Å². The summed E-state index contributed by atoms with van der Waals surface area (Å²) in [6.45, 7) is 2.15. The molecule has 32 heavy (non-hydrogen) atoms. The standard InChI is InChI=1S/C20H21N5O6S/c1-10-9-32-17-13(16(27)25(17)14(10)18(28)29)22-15(26)12(11-5-3-2-4-6-11)23-20(31)24-8-7-21-19(24)30/h2-6,12-13,17H,7-9H2,1H3,(H,21,30)(H,22,26)(H,23,31)(H,28,29)/t12-,13-,17-/m1/s1. The molecule has 3 atom stereocenters. The number of β-lactam (4-membered cyclic amide) rings is 1. The van der Waals surface area contributed by atoms with Crippen molar-refractivity contribution >= 4 is 41.6 Å². The summed E-state index contributed by atoms with van der Waals surface area (Å²) in [7, 11) is 0. The highest BCUT2D eigenvalue weighted by molar-refractivity contribution is 8.00. The summed E-state index contributed by atoms with van der Waals surface area (Å²) in [5.74, 6) is -1.93. The molecule has 4 rings (SSSR count). The van der Waals surface area contributed by atoms with E-state index in [1.165, 1.54) is 16.7 Å². The van der Waals surface area contributed by atoms with E-state index in [9.17, 15) is 29.1 Å². The predicted molar refractivity (Wildman–Crippen MR) is 113 cm³/mol. The Morgan fingerprint density at radius 2 is 1.94 bits per heavy atom. The van der Waals surface area contributed by atoms with Crippen LogP contribution in [0.5, 0.6) is 0 Å². The Morgan fingerprint density at radius 3 is 2.56 bits per heavy atom. The zero-order chi connectivity index (χ0) is 23.0. The molecule has 11 nitrogen and oxygen atoms in total. The number of nitrogens with zero attached hydrogens (tertiary/aromatic N) is 2. The Kier molecular flexibility index (Phi) is 5.78. The smallest absolute Gasteiger partial charge is 0.352 e. The van der Waals surface area contributed by atoms with E-state index in [0.717, 1.165) is 4.90 Å². The topological polar surface area (TPSA) is 148 Å². The van der Waals surface area contributed by atoms with Gasteiger partial charge in [-0.25, -0.2) is 19.3 Å². The third-order valence-corrected chi connectivity index (χ3v) is 6.85. The minimum Gasteiger partial charge on any atom is -0.477 e. The normalized spacial score (nSPS) is 23.2. The van der Waals surface area contributed by atoms with Gasteiger partial charge in [-0.3, -0.25) is 14.5 Å². The van der Waals surface area contributed by atoms with Gasteiger partial charge in [-0.15, -0.1) is 11.8 Å². The zero-order valence-corrected chi connectivity index (χ0v) is 17.8. The number of thioether (sulfide) groups is 1. The molecule has 6 amide bonds. The van der Waals surface area contributed by atoms with Gasteiger partial charge in [0.15, 0.2) is 0 Å². The number of urea groups is 2. The number of hydrogen-bond donors (Lipinski definition) is 4. The van der Waals surface area contributed by atoms with Crippen LogP contribution in [0.25, 0.3) is 0 Å². The number of imide groups is 1. The molecule has 0 bridgehead atoms. The van der Waals surface area contributed by atoms with Crippen molar-refractivity contribution in [1.82, 2.24) is 25.8 Å². The lowest BCUT2D eigenvalue weighted by Crippen LogP contribution is -2.71. The van der Waals surface area contributed by atoms with E-state index in [-0.39, 0.29) is 12.2 Å². The average Bonchev–Trinajstić information content (AvgIpc) is 3.21. The van der Waals surface area contributed by atoms with Crippen molar-refractivity contribution in [3.05, 3.63) is 47.2 Å². The molecular weight excluding hydrogens is 438 g/mol. The number of carboxylic acid groups (broad SMARTS) is 1. The number of carbonyl (C=O) groups is 5. The van der Waals surface area contributed by atoms with Crippen LogP contribution in [0.2, 0.25) is 0 Å². The number of benzene rings is 1. The average molecular weight is 459 g/mol. The van der Waals surface area contributed by atoms with E-state index >= 15 is 0 Å². The van der Waals surface area contributed by atoms with Crippen molar-refractivity contribution in [2.45, 2.75) is 24.4 Å². The minimum atomic E-state index is -1.19. The van der Waals surface area contributed by atoms with Gasteiger partial charge < -0.3 is 21.1 Å². The molecule has 3 aliphatic rings. The monoisotopic (exact) mass is 459 g/mol. The number of carbonyl (C=O) groups excluding carboxylic acids is 4. The summed E-state index contributed by atoms with van der Waals surface area (Å²) in [5.41, 5.74) is 0.993. The largest absolute Gasteiger partial charge is 0.477 e. The second-order valence-corrected chi connectivity index (χ2v) is 8.61. The molecule has 3 aliphatic heterocycles. The fraction of sp³-hybridized carbons (Fsp3) is 0.350. The summed E-state index contributed by atoms with van der Waals surface area (Å²) < 4.78 is 0. The van der Waals surface area contributed by atoms with E-state index < -0.39 is 47.3 Å². The maximum atomic E-state index is 13.1. The minimum absolute atomic E-state index is 0.0581. The zero-order valence-electron chi connectivity index (χ0n) is 17.0. The number of amides is 6. The Balaban J connectivity index is 1.51. The Morgan fingerprint density at radius 1 is 1.22 bits per heavy atom. The van der Waals surface area contributed by atoms with Crippen molar-refractivity contribution in [1.29, 1.82) is 0 Å². The van der Waals surface area contributed by atoms with E-state index in [0.29, 0.717) is 23.4 Å². The molecule has 2 fully saturated rings. The van der Waals surface area contributed by atoms with Gasteiger partial charge in [-0.05, 0) is 18.1 Å². The van der Waals surface area contributed by atoms with Crippen molar-refractivity contribution in [2.24, 2.45) is 0 Å². The second-order valence-electron chi connectivity index (χ2n) is 7.51. The molecule has 0 saturated carbocycles. The van der Waals surface area contributed by atoms with Crippen LogP contribution in [0.4, 0.5) is 9.59 Å². The van der Waals surface area contributed by atoms with Gasteiger partial charge in [-0.2, -0.15) is 0 Å². The highest BCUT2D eigenvalue weighted by Crippen LogP contribution is 2.40. The van der Waals surface area contributed by atoms with E-state index in [4.69, 9.17) is 0 Å². The van der Waals surface area contributed by atoms with Crippen LogP contribution in [0, 0.1) is 0 Å². The van der Waals surface area contributed by atoms with Crippen molar-refractivity contribution < 1.29 is 29.1 Å². The fourth-order valence-electron chi connectivity index (χ4n) is 3.82. The SMILES string of the molecule is CC1=C(C(=O)O)N2C(=O)[C@@H](NC(=O)[C@H](NC(=O)N3CCNC3=O)c3ccccc3)[C@H]2SC1. The maximum Gasteiger partial charge on any atom is 0.352 e. The number of nitrogens with one attached hydrogen (secondary N) is 3. The van der Waals surface area contributed by atoms with Gasteiger partial charge in [0, 0.05) is 18.8 Å². The third-order valence-electron chi connectivity index (χ3n) is 5.42. The van der Waals surface area contributed by atoms with Crippen LogP contribution in [0.1, 0.15) is 18.5 Å². The van der Waals surface area contributed by atoms with E-state index in [2.05, 4.69) is 16.0 Å². The highest BCUT2D eigenvalue weighted by atomic mass is 32.2. The first-order valence-electron chi connectivity index (χ1n) is 9.88. The van der Waals surface area contributed by atoms with Crippen molar-refractivity contribution in [3.8, 4) is 0 Å². The first-order chi connectivity index (χ1) is 15.3. The molecule has 0 spiro atoms. The molecule has 0 radical (unpaired) electrons. The van der Waals surface area contributed by atoms with Crippen molar-refractivity contribution in [3.63, 3.8) is 0 Å². The quantitative estimate of drug-likeness (QED) is 0.461. The lowest BCUT2D eigenvalue weighted by molar-refractivity contribution is -0.151. The van der Waals surface area contributed by atoms with Crippen LogP contribution in [0.15, 0.2) is 41.6 Å². The van der Waals surface area contributed by atoms with Crippen LogP contribution in [0.3, 0.4) is 0 Å². The van der Waals surface area contributed by atoms with Gasteiger partial charge in [0.1, 0.15) is 23.2 Å². The second kappa shape index (κ2) is 8.54. The Labute approximate surface area is 187 Å². The molecule has 1 aromatic rings. The number of fused-ring (bicyclic) bond motifs is 1. The molecule has 0 aromatic heterocycles. The number of aliphatic carboxylic acids is 1. The summed E-state index contributed by atoms with van der Waals surface area (Å²) in [5, 5.41) is 16.6. The van der Waals surface area contributed by atoms with Crippen molar-refractivity contribution in [2.75, 3.05) is 18.8 Å². The third kappa shape index (κ3) is 3.77. The van der Waals surface area contributed by atoms with Crippen LogP contribution >= 0.6 is 11.8 Å². The van der Waals surface area contributed by atoms with Crippen LogP contribution in [-0.4, -0.2) is 75.0 Å². The highest BCUT2D eigenvalue weighted by Gasteiger charge is 2.54. The number of carboxylic acids is 1. The molecule has 2 saturated heterocycles. The van der Waals surface area contributed by atoms with Gasteiger partial charge in [0.2, 0.25) is 5.91 Å². The van der Waals surface area contributed by atoms with Gasteiger partial charge in [0.25, 0.3) is 5.91 Å². The van der Waals surface area contributed by atoms with Gasteiger partial charge in [0.05, 0.1) is 0 Å². The summed E-state index contributed by atoms with van der Waals surface area (Å²) in [4.78, 5) is 63.9. The molecule has 4 N–H and O–H groups in total. The molecule has 0 aliphatic carbocycles. The molecular formula is C20H21N5O6S. The first kappa shape index (κ1) is 21.7. The van der Waals surface area contributed by atoms with E-state index in [1.807, 2.05) is 0 Å². The molecule has 168 valence electrons. The number of rotatable bonds is 5. The fourth-order valence-corrected chi connectivity index (χ4v) is 5.12. The lowest BCUT2D eigenvalue weighted by Gasteiger charge is -2.49. The Bertz CT molecular complexity index is 1030.